The Morgan fingerprint density at radius 3 is 2.45 bits per heavy atom. The van der Waals surface area contributed by atoms with E-state index in [2.05, 4.69) is 15.8 Å². The Balaban J connectivity index is 1.96. The fourth-order valence-corrected chi connectivity index (χ4v) is 2.20. The van der Waals surface area contributed by atoms with Crippen LogP contribution in [0.15, 0.2) is 47.6 Å². The van der Waals surface area contributed by atoms with Crippen molar-refractivity contribution in [3.05, 3.63) is 53.1 Å². The Kier molecular flexibility index (Phi) is 7.99. The van der Waals surface area contributed by atoms with Crippen molar-refractivity contribution in [2.45, 2.75) is 6.92 Å². The maximum Gasteiger partial charge on any atom is 0.329 e. The van der Waals surface area contributed by atoms with Crippen LogP contribution in [0.1, 0.15) is 12.5 Å². The number of hydrogen-bond acceptors (Lipinski definition) is 6. The third kappa shape index (κ3) is 7.15. The number of anilines is 1. The molecule has 9 nitrogen and oxygen atoms in total. The minimum atomic E-state index is -0.942. The molecule has 0 spiro atoms. The smallest absolute Gasteiger partial charge is 0.329 e. The lowest BCUT2D eigenvalue weighted by Crippen LogP contribution is -2.32. The average molecular weight is 419 g/mol. The van der Waals surface area contributed by atoms with Crippen LogP contribution < -0.4 is 25.9 Å². The summed E-state index contributed by atoms with van der Waals surface area (Å²) < 4.78 is 10.7. The highest BCUT2D eigenvalue weighted by Gasteiger charge is 2.13. The summed E-state index contributed by atoms with van der Waals surface area (Å²) in [6, 6.07) is 11.1. The number of hydrogen-bond donors (Lipinski definition) is 3. The van der Waals surface area contributed by atoms with Gasteiger partial charge in [-0.25, -0.2) is 5.43 Å². The van der Waals surface area contributed by atoms with Crippen molar-refractivity contribution in [3.8, 4) is 11.5 Å². The Labute approximate surface area is 171 Å². The average Bonchev–Trinajstić information content (AvgIpc) is 2.69. The third-order valence-electron chi connectivity index (χ3n) is 3.33. The van der Waals surface area contributed by atoms with Crippen LogP contribution in [0, 0.1) is 0 Å². The van der Waals surface area contributed by atoms with E-state index < -0.39 is 17.7 Å². The number of rotatable bonds is 8. The minimum absolute atomic E-state index is 0.285. The van der Waals surface area contributed by atoms with Crippen molar-refractivity contribution in [1.82, 2.24) is 5.43 Å². The van der Waals surface area contributed by atoms with E-state index >= 15 is 0 Å². The molecule has 0 aliphatic carbocycles. The summed E-state index contributed by atoms with van der Waals surface area (Å²) in [5.74, 6) is -1.71. The monoisotopic (exact) mass is 418 g/mol. The molecule has 152 valence electrons. The van der Waals surface area contributed by atoms with Crippen molar-refractivity contribution in [1.29, 1.82) is 0 Å². The van der Waals surface area contributed by atoms with Gasteiger partial charge >= 0.3 is 11.8 Å². The molecule has 10 heteroatoms. The standard InChI is InChI=1S/C19H19ClN4O5/c1-2-28-16-9-12(3-8-15(16)29-11-17(21)25)10-22-24-19(27)18(26)23-14-6-4-13(20)5-7-14/h3-10H,2,11H2,1H3,(H2,21,25)(H,23,26)(H,24,27)/b22-10+. The number of benzene rings is 2. The first-order valence-electron chi connectivity index (χ1n) is 8.47. The Bertz CT molecular complexity index is 915. The summed E-state index contributed by atoms with van der Waals surface area (Å²) in [5, 5.41) is 6.67. The summed E-state index contributed by atoms with van der Waals surface area (Å²) in [5.41, 5.74) is 8.18. The first-order chi connectivity index (χ1) is 13.9. The zero-order valence-electron chi connectivity index (χ0n) is 15.5. The molecule has 0 aliphatic heterocycles. The second kappa shape index (κ2) is 10.7. The molecule has 2 aromatic rings. The number of halogens is 1. The van der Waals surface area contributed by atoms with E-state index in [1.54, 1.807) is 49.4 Å². The van der Waals surface area contributed by atoms with E-state index in [9.17, 15) is 14.4 Å². The molecule has 0 fully saturated rings. The number of nitrogens with zero attached hydrogens (tertiary/aromatic N) is 1. The highest BCUT2D eigenvalue weighted by molar-refractivity contribution is 6.39. The maximum absolute atomic E-state index is 11.8. The lowest BCUT2D eigenvalue weighted by molar-refractivity contribution is -0.136. The van der Waals surface area contributed by atoms with Crippen molar-refractivity contribution < 1.29 is 23.9 Å². The summed E-state index contributed by atoms with van der Waals surface area (Å²) in [4.78, 5) is 34.5. The molecule has 0 aromatic heterocycles. The number of primary amides is 1. The number of hydrazone groups is 1. The van der Waals surface area contributed by atoms with Gasteiger partial charge in [0.2, 0.25) is 0 Å². The van der Waals surface area contributed by atoms with Crippen molar-refractivity contribution in [2.24, 2.45) is 10.8 Å². The molecule has 2 aromatic carbocycles. The lowest BCUT2D eigenvalue weighted by Gasteiger charge is -2.11. The SMILES string of the molecule is CCOc1cc(/C=N/NC(=O)C(=O)Nc2ccc(Cl)cc2)ccc1OCC(N)=O. The van der Waals surface area contributed by atoms with Gasteiger partial charge in [-0.05, 0) is 55.0 Å². The number of ether oxygens (including phenoxy) is 2. The Hall–Kier alpha value is -3.59. The predicted molar refractivity (Wildman–Crippen MR) is 108 cm³/mol. The molecule has 0 saturated carbocycles. The number of nitrogens with one attached hydrogen (secondary N) is 2. The molecule has 0 aliphatic rings. The fourth-order valence-electron chi connectivity index (χ4n) is 2.08. The highest BCUT2D eigenvalue weighted by Crippen LogP contribution is 2.28. The molecule has 3 amide bonds. The van der Waals surface area contributed by atoms with Gasteiger partial charge in [-0.3, -0.25) is 14.4 Å². The van der Waals surface area contributed by atoms with Crippen LogP contribution in [-0.2, 0) is 14.4 Å². The van der Waals surface area contributed by atoms with Gasteiger partial charge in [-0.1, -0.05) is 11.6 Å². The minimum Gasteiger partial charge on any atom is -0.490 e. The van der Waals surface area contributed by atoms with Crippen LogP contribution in [-0.4, -0.2) is 37.1 Å². The van der Waals surface area contributed by atoms with Crippen molar-refractivity contribution in [3.63, 3.8) is 0 Å². The number of carbonyl (C=O) groups excluding carboxylic acids is 3. The highest BCUT2D eigenvalue weighted by atomic mass is 35.5. The number of nitrogens with two attached hydrogens (primary N) is 1. The largest absolute Gasteiger partial charge is 0.490 e. The first kappa shape index (κ1) is 21.7. The molecule has 2 rings (SSSR count). The topological polar surface area (TPSA) is 132 Å². The summed E-state index contributed by atoms with van der Waals surface area (Å²) in [7, 11) is 0. The summed E-state index contributed by atoms with van der Waals surface area (Å²) >= 11 is 5.76. The second-order valence-corrected chi connectivity index (χ2v) is 5.99. The van der Waals surface area contributed by atoms with E-state index in [1.807, 2.05) is 0 Å². The molecule has 0 unspecified atom stereocenters. The van der Waals surface area contributed by atoms with Crippen LogP contribution in [0.4, 0.5) is 5.69 Å². The molecule has 0 radical (unpaired) electrons. The second-order valence-electron chi connectivity index (χ2n) is 5.55. The van der Waals surface area contributed by atoms with E-state index in [1.165, 1.54) is 6.21 Å². The number of carbonyl (C=O) groups is 3. The van der Waals surface area contributed by atoms with Gasteiger partial charge in [0.15, 0.2) is 18.1 Å². The quantitative estimate of drug-likeness (QED) is 0.341. The zero-order valence-corrected chi connectivity index (χ0v) is 16.2. The van der Waals surface area contributed by atoms with Crippen LogP contribution in [0.5, 0.6) is 11.5 Å². The van der Waals surface area contributed by atoms with Crippen molar-refractivity contribution >= 4 is 41.2 Å². The Morgan fingerprint density at radius 2 is 1.79 bits per heavy atom. The molecule has 0 heterocycles. The van der Waals surface area contributed by atoms with Crippen LogP contribution >= 0.6 is 11.6 Å². The van der Waals surface area contributed by atoms with Crippen molar-refractivity contribution in [2.75, 3.05) is 18.5 Å². The van der Waals surface area contributed by atoms with Crippen LogP contribution in [0.3, 0.4) is 0 Å². The molecular weight excluding hydrogens is 400 g/mol. The summed E-state index contributed by atoms with van der Waals surface area (Å²) in [6.07, 6.45) is 1.33. The molecular formula is C19H19ClN4O5. The van der Waals surface area contributed by atoms with Gasteiger partial charge in [0.05, 0.1) is 12.8 Å². The van der Waals surface area contributed by atoms with E-state index in [4.69, 9.17) is 26.8 Å². The zero-order chi connectivity index (χ0) is 21.2. The Morgan fingerprint density at radius 1 is 1.07 bits per heavy atom. The maximum atomic E-state index is 11.8. The molecule has 29 heavy (non-hydrogen) atoms. The van der Waals surface area contributed by atoms with E-state index in [0.717, 1.165) is 0 Å². The van der Waals surface area contributed by atoms with Gasteiger partial charge < -0.3 is 20.5 Å². The van der Waals surface area contributed by atoms with Gasteiger partial charge in [0.1, 0.15) is 0 Å². The third-order valence-corrected chi connectivity index (χ3v) is 3.58. The van der Waals surface area contributed by atoms with Gasteiger partial charge in [-0.15, -0.1) is 0 Å². The van der Waals surface area contributed by atoms with Crippen LogP contribution in [0.25, 0.3) is 0 Å². The fraction of sp³-hybridized carbons (Fsp3) is 0.158. The van der Waals surface area contributed by atoms with E-state index in [0.29, 0.717) is 34.4 Å². The summed E-state index contributed by atoms with van der Waals surface area (Å²) in [6.45, 7) is 1.87. The first-order valence-corrected chi connectivity index (χ1v) is 8.84. The van der Waals surface area contributed by atoms with Gasteiger partial charge in [0, 0.05) is 10.7 Å². The van der Waals surface area contributed by atoms with Crippen LogP contribution in [0.2, 0.25) is 5.02 Å². The van der Waals surface area contributed by atoms with Gasteiger partial charge in [-0.2, -0.15) is 5.10 Å². The molecule has 0 atom stereocenters. The van der Waals surface area contributed by atoms with E-state index in [-0.39, 0.29) is 6.61 Å². The normalized spacial score (nSPS) is 10.4. The number of amides is 3. The molecule has 0 saturated heterocycles. The molecule has 0 bridgehead atoms. The molecule has 4 N–H and O–H groups in total. The lowest BCUT2D eigenvalue weighted by atomic mass is 10.2. The predicted octanol–water partition coefficient (Wildman–Crippen LogP) is 1.69. The van der Waals surface area contributed by atoms with Gasteiger partial charge in [0.25, 0.3) is 5.91 Å².